The quantitative estimate of drug-likeness (QED) is 0.752. The summed E-state index contributed by atoms with van der Waals surface area (Å²) in [6.45, 7) is 2.39. The summed E-state index contributed by atoms with van der Waals surface area (Å²) < 4.78 is 10.5. The van der Waals surface area contributed by atoms with Gasteiger partial charge < -0.3 is 9.47 Å². The Bertz CT molecular complexity index is 326. The molecule has 84 valence electrons. The summed E-state index contributed by atoms with van der Waals surface area (Å²) in [4.78, 5) is 4.63. The van der Waals surface area contributed by atoms with Crippen molar-refractivity contribution >= 4 is 0 Å². The molecule has 0 aliphatic rings. The molecule has 4 heteroatoms. The monoisotopic (exact) mass is 211 g/mol. The Morgan fingerprint density at radius 3 is 2.40 bits per heavy atom. The van der Waals surface area contributed by atoms with Gasteiger partial charge in [-0.2, -0.15) is 0 Å². The van der Waals surface area contributed by atoms with Crippen LogP contribution in [0.1, 0.15) is 18.1 Å². The molecule has 0 aromatic heterocycles. The maximum atomic E-state index is 5.26. The topological polar surface area (TPSA) is 53.7 Å². The standard InChI is InChI=1S/C11H17NO3/c1-4-8-5-9(7-15-12)11(14-3)10(6-8)13-2/h5-6H,4,7,12H2,1-3H3. The van der Waals surface area contributed by atoms with E-state index in [0.29, 0.717) is 18.1 Å². The molecule has 4 nitrogen and oxygen atoms in total. The van der Waals surface area contributed by atoms with Crippen LogP contribution >= 0.6 is 0 Å². The third kappa shape index (κ3) is 2.61. The van der Waals surface area contributed by atoms with Gasteiger partial charge in [0.15, 0.2) is 11.5 Å². The predicted molar refractivity (Wildman–Crippen MR) is 57.9 cm³/mol. The van der Waals surface area contributed by atoms with E-state index in [2.05, 4.69) is 11.8 Å². The van der Waals surface area contributed by atoms with Crippen LogP contribution in [0.3, 0.4) is 0 Å². The third-order valence-corrected chi connectivity index (χ3v) is 2.26. The summed E-state index contributed by atoms with van der Waals surface area (Å²) in [6, 6.07) is 3.97. The Hall–Kier alpha value is -1.26. The molecule has 1 rings (SSSR count). The first-order valence-corrected chi connectivity index (χ1v) is 4.82. The van der Waals surface area contributed by atoms with Crippen molar-refractivity contribution in [2.45, 2.75) is 20.0 Å². The first-order chi connectivity index (χ1) is 7.26. The van der Waals surface area contributed by atoms with E-state index in [1.54, 1.807) is 14.2 Å². The van der Waals surface area contributed by atoms with E-state index < -0.39 is 0 Å². The zero-order valence-corrected chi connectivity index (χ0v) is 9.37. The summed E-state index contributed by atoms with van der Waals surface area (Å²) in [5, 5.41) is 0. The van der Waals surface area contributed by atoms with Gasteiger partial charge in [0.2, 0.25) is 0 Å². The zero-order chi connectivity index (χ0) is 11.3. The molecule has 0 saturated heterocycles. The minimum atomic E-state index is 0.313. The van der Waals surface area contributed by atoms with E-state index in [0.717, 1.165) is 12.0 Å². The molecule has 0 bridgehead atoms. The molecule has 0 aliphatic carbocycles. The molecule has 0 unspecified atom stereocenters. The van der Waals surface area contributed by atoms with Gasteiger partial charge in [0, 0.05) is 5.56 Å². The second-order valence-electron chi connectivity index (χ2n) is 3.16. The molecule has 0 spiro atoms. The van der Waals surface area contributed by atoms with Crippen molar-refractivity contribution in [1.82, 2.24) is 0 Å². The lowest BCUT2D eigenvalue weighted by Gasteiger charge is -2.13. The van der Waals surface area contributed by atoms with Crippen LogP contribution in [0.4, 0.5) is 0 Å². The Morgan fingerprint density at radius 2 is 1.93 bits per heavy atom. The first-order valence-electron chi connectivity index (χ1n) is 4.82. The van der Waals surface area contributed by atoms with Gasteiger partial charge >= 0.3 is 0 Å². The van der Waals surface area contributed by atoms with Crippen molar-refractivity contribution in [3.05, 3.63) is 23.3 Å². The van der Waals surface area contributed by atoms with Crippen molar-refractivity contribution in [3.8, 4) is 11.5 Å². The fraction of sp³-hybridized carbons (Fsp3) is 0.455. The van der Waals surface area contributed by atoms with Crippen molar-refractivity contribution in [1.29, 1.82) is 0 Å². The molecule has 2 N–H and O–H groups in total. The van der Waals surface area contributed by atoms with Crippen LogP contribution in [0.15, 0.2) is 12.1 Å². The molecule has 1 aromatic carbocycles. The van der Waals surface area contributed by atoms with E-state index in [-0.39, 0.29) is 0 Å². The Balaban J connectivity index is 3.19. The molecule has 0 aliphatic heterocycles. The van der Waals surface area contributed by atoms with Gasteiger partial charge in [0.25, 0.3) is 0 Å². The summed E-state index contributed by atoms with van der Waals surface area (Å²) in [6.07, 6.45) is 0.928. The summed E-state index contributed by atoms with van der Waals surface area (Å²) in [5.74, 6) is 6.46. The summed E-state index contributed by atoms with van der Waals surface area (Å²) in [5.41, 5.74) is 2.07. The molecule has 0 amide bonds. The van der Waals surface area contributed by atoms with Crippen molar-refractivity contribution in [3.63, 3.8) is 0 Å². The van der Waals surface area contributed by atoms with E-state index >= 15 is 0 Å². The minimum absolute atomic E-state index is 0.313. The SMILES string of the molecule is CCc1cc(CON)c(OC)c(OC)c1. The number of hydrogen-bond acceptors (Lipinski definition) is 4. The predicted octanol–water partition coefficient (Wildman–Crippen LogP) is 1.66. The lowest BCUT2D eigenvalue weighted by atomic mass is 10.1. The molecule has 0 atom stereocenters. The molecule has 0 heterocycles. The maximum Gasteiger partial charge on any atom is 0.166 e. The second kappa shape index (κ2) is 5.58. The average Bonchev–Trinajstić information content (AvgIpc) is 2.28. The molecule has 1 aromatic rings. The fourth-order valence-corrected chi connectivity index (χ4v) is 1.51. The van der Waals surface area contributed by atoms with Crippen LogP contribution in [0.5, 0.6) is 11.5 Å². The molecule has 0 saturated carbocycles. The lowest BCUT2D eigenvalue weighted by Crippen LogP contribution is -2.03. The summed E-state index contributed by atoms with van der Waals surface area (Å²) in [7, 11) is 3.22. The Kier molecular flexibility index (Phi) is 4.39. The van der Waals surface area contributed by atoms with E-state index in [9.17, 15) is 0 Å². The number of hydrogen-bond donors (Lipinski definition) is 1. The average molecular weight is 211 g/mol. The highest BCUT2D eigenvalue weighted by atomic mass is 16.6. The first kappa shape index (κ1) is 11.8. The number of benzene rings is 1. The van der Waals surface area contributed by atoms with Crippen molar-refractivity contribution in [2.24, 2.45) is 5.90 Å². The van der Waals surface area contributed by atoms with E-state index in [1.165, 1.54) is 5.56 Å². The third-order valence-electron chi connectivity index (χ3n) is 2.26. The highest BCUT2D eigenvalue weighted by molar-refractivity contribution is 5.49. The van der Waals surface area contributed by atoms with Crippen LogP contribution in [0.25, 0.3) is 0 Å². The van der Waals surface area contributed by atoms with Crippen LogP contribution in [0, 0.1) is 0 Å². The highest BCUT2D eigenvalue weighted by Crippen LogP contribution is 2.33. The number of aryl methyl sites for hydroxylation is 1. The van der Waals surface area contributed by atoms with Gasteiger partial charge in [0.05, 0.1) is 20.8 Å². The Morgan fingerprint density at radius 1 is 1.20 bits per heavy atom. The van der Waals surface area contributed by atoms with Crippen molar-refractivity contribution in [2.75, 3.05) is 14.2 Å². The largest absolute Gasteiger partial charge is 0.493 e. The number of nitrogens with two attached hydrogens (primary N) is 1. The van der Waals surface area contributed by atoms with Crippen LogP contribution in [0.2, 0.25) is 0 Å². The molecular weight excluding hydrogens is 194 g/mol. The second-order valence-corrected chi connectivity index (χ2v) is 3.16. The normalized spacial score (nSPS) is 10.1. The van der Waals surface area contributed by atoms with Crippen LogP contribution < -0.4 is 15.4 Å². The molecule has 15 heavy (non-hydrogen) atoms. The number of methoxy groups -OCH3 is 2. The number of ether oxygens (including phenoxy) is 2. The fourth-order valence-electron chi connectivity index (χ4n) is 1.51. The lowest BCUT2D eigenvalue weighted by molar-refractivity contribution is 0.121. The molecular formula is C11H17NO3. The molecule has 0 radical (unpaired) electrons. The van der Waals surface area contributed by atoms with Gasteiger partial charge in [0.1, 0.15) is 0 Å². The number of rotatable bonds is 5. The smallest absolute Gasteiger partial charge is 0.166 e. The van der Waals surface area contributed by atoms with Crippen LogP contribution in [-0.4, -0.2) is 14.2 Å². The van der Waals surface area contributed by atoms with Crippen LogP contribution in [-0.2, 0) is 17.9 Å². The van der Waals surface area contributed by atoms with Crippen molar-refractivity contribution < 1.29 is 14.3 Å². The van der Waals surface area contributed by atoms with Gasteiger partial charge in [-0.1, -0.05) is 6.92 Å². The zero-order valence-electron chi connectivity index (χ0n) is 9.37. The van der Waals surface area contributed by atoms with E-state index in [4.69, 9.17) is 15.4 Å². The Labute approximate surface area is 89.9 Å². The van der Waals surface area contributed by atoms with Gasteiger partial charge in [-0.25, -0.2) is 5.90 Å². The van der Waals surface area contributed by atoms with E-state index in [1.807, 2.05) is 12.1 Å². The molecule has 0 fully saturated rings. The van der Waals surface area contributed by atoms with Gasteiger partial charge in [-0.3, -0.25) is 4.84 Å². The summed E-state index contributed by atoms with van der Waals surface area (Å²) >= 11 is 0. The minimum Gasteiger partial charge on any atom is -0.493 e. The highest BCUT2D eigenvalue weighted by Gasteiger charge is 2.11. The maximum absolute atomic E-state index is 5.26. The van der Waals surface area contributed by atoms with Gasteiger partial charge in [-0.05, 0) is 24.1 Å². The van der Waals surface area contributed by atoms with Gasteiger partial charge in [-0.15, -0.1) is 0 Å².